The molecule has 2 nitrogen and oxygen atoms in total. The third-order valence-corrected chi connectivity index (χ3v) is 2.95. The van der Waals surface area contributed by atoms with Gasteiger partial charge in [-0.1, -0.05) is 36.8 Å². The van der Waals surface area contributed by atoms with Crippen LogP contribution in [0, 0.1) is 0 Å². The van der Waals surface area contributed by atoms with Gasteiger partial charge < -0.3 is 5.32 Å². The molecule has 0 aliphatic heterocycles. The zero-order valence-corrected chi connectivity index (χ0v) is 10.2. The first kappa shape index (κ1) is 12.5. The lowest BCUT2D eigenvalue weighted by molar-refractivity contribution is -0.109. The minimum Gasteiger partial charge on any atom is -0.355 e. The molecule has 1 aromatic rings. The van der Waals surface area contributed by atoms with E-state index in [1.165, 1.54) is 16.7 Å². The summed E-state index contributed by atoms with van der Waals surface area (Å²) in [5.41, 5.74) is 5.14. The van der Waals surface area contributed by atoms with E-state index in [0.29, 0.717) is 6.54 Å². The second-order valence-electron chi connectivity index (χ2n) is 3.95. The van der Waals surface area contributed by atoms with Crippen LogP contribution in [-0.2, 0) is 11.3 Å². The van der Waals surface area contributed by atoms with Gasteiger partial charge in [0, 0.05) is 6.54 Å². The Kier molecular flexibility index (Phi) is 4.77. The molecule has 1 rings (SSSR count). The van der Waals surface area contributed by atoms with Crippen molar-refractivity contribution in [3.63, 3.8) is 0 Å². The largest absolute Gasteiger partial charge is 0.355 e. The molecule has 0 heterocycles. The number of amides is 1. The Morgan fingerprint density at radius 2 is 1.88 bits per heavy atom. The van der Waals surface area contributed by atoms with E-state index in [4.69, 9.17) is 0 Å². The van der Waals surface area contributed by atoms with Crippen LogP contribution in [0.2, 0.25) is 0 Å². The Hall–Kier alpha value is -1.57. The van der Waals surface area contributed by atoms with Gasteiger partial charge in [0.25, 0.3) is 0 Å². The molecule has 1 aromatic carbocycles. The first-order chi connectivity index (χ1) is 7.69. The summed E-state index contributed by atoms with van der Waals surface area (Å²) in [6, 6.07) is 8.32. The summed E-state index contributed by atoms with van der Waals surface area (Å²) in [6.07, 6.45) is 1.81. The molecule has 1 amide bonds. The van der Waals surface area contributed by atoms with Crippen molar-refractivity contribution in [1.29, 1.82) is 0 Å². The molecule has 0 unspecified atom stereocenters. The van der Waals surface area contributed by atoms with Gasteiger partial charge >= 0.3 is 0 Å². The van der Waals surface area contributed by atoms with Gasteiger partial charge in [-0.25, -0.2) is 0 Å². The summed E-state index contributed by atoms with van der Waals surface area (Å²) < 4.78 is 0. The van der Waals surface area contributed by atoms with Crippen LogP contribution in [0.1, 0.15) is 38.3 Å². The second kappa shape index (κ2) is 6.11. The fourth-order valence-electron chi connectivity index (χ4n) is 1.54. The molecule has 0 saturated heterocycles. The first-order valence-electron chi connectivity index (χ1n) is 5.61. The molecule has 0 aromatic heterocycles. The van der Waals surface area contributed by atoms with Crippen molar-refractivity contribution in [2.75, 3.05) is 0 Å². The standard InChI is InChI=1S/C14H19NO/c1-4-11(2)12(3)14-7-5-13(6-8-14)9-15-10-16/h5-8,10H,4,9H2,1-3H3,(H,15,16)/b12-11+. The summed E-state index contributed by atoms with van der Waals surface area (Å²) in [6.45, 7) is 7.08. The van der Waals surface area contributed by atoms with E-state index in [-0.39, 0.29) is 0 Å². The van der Waals surface area contributed by atoms with Gasteiger partial charge in [0.05, 0.1) is 0 Å². The van der Waals surface area contributed by atoms with Gasteiger partial charge in [0.15, 0.2) is 0 Å². The van der Waals surface area contributed by atoms with E-state index < -0.39 is 0 Å². The highest BCUT2D eigenvalue weighted by Crippen LogP contribution is 2.20. The van der Waals surface area contributed by atoms with Gasteiger partial charge in [0.1, 0.15) is 0 Å². The van der Waals surface area contributed by atoms with Crippen LogP contribution in [-0.4, -0.2) is 6.41 Å². The fraction of sp³-hybridized carbons (Fsp3) is 0.357. The molecule has 16 heavy (non-hydrogen) atoms. The van der Waals surface area contributed by atoms with Crippen LogP contribution < -0.4 is 5.32 Å². The number of allylic oxidation sites excluding steroid dienone is 2. The summed E-state index contributed by atoms with van der Waals surface area (Å²) >= 11 is 0. The Labute approximate surface area is 97.4 Å². The zero-order valence-electron chi connectivity index (χ0n) is 10.2. The Bertz CT molecular complexity index is 376. The third-order valence-electron chi connectivity index (χ3n) is 2.95. The lowest BCUT2D eigenvalue weighted by atomic mass is 10.00. The monoisotopic (exact) mass is 217 g/mol. The lowest BCUT2D eigenvalue weighted by Crippen LogP contribution is -2.09. The molecule has 2 heteroatoms. The van der Waals surface area contributed by atoms with Crippen molar-refractivity contribution < 1.29 is 4.79 Å². The van der Waals surface area contributed by atoms with Crippen LogP contribution in [0.15, 0.2) is 29.8 Å². The average Bonchev–Trinajstić information content (AvgIpc) is 2.35. The van der Waals surface area contributed by atoms with Crippen LogP contribution >= 0.6 is 0 Å². The molecular formula is C14H19NO. The molecule has 0 atom stereocenters. The van der Waals surface area contributed by atoms with E-state index in [0.717, 1.165) is 18.4 Å². The smallest absolute Gasteiger partial charge is 0.207 e. The molecule has 0 radical (unpaired) electrons. The molecule has 1 N–H and O–H groups in total. The predicted molar refractivity (Wildman–Crippen MR) is 67.9 cm³/mol. The van der Waals surface area contributed by atoms with Gasteiger partial charge in [-0.3, -0.25) is 4.79 Å². The molecule has 0 aliphatic carbocycles. The molecule has 0 bridgehead atoms. The normalized spacial score (nSPS) is 11.9. The van der Waals surface area contributed by atoms with Crippen molar-refractivity contribution in [2.24, 2.45) is 0 Å². The molecule has 0 spiro atoms. The number of carbonyl (C=O) groups excluding carboxylic acids is 1. The van der Waals surface area contributed by atoms with Gasteiger partial charge in [0.2, 0.25) is 6.41 Å². The zero-order chi connectivity index (χ0) is 12.0. The molecule has 0 saturated carbocycles. The topological polar surface area (TPSA) is 29.1 Å². The number of carbonyl (C=O) groups is 1. The van der Waals surface area contributed by atoms with E-state index in [1.807, 2.05) is 0 Å². The molecule has 0 fully saturated rings. The Morgan fingerprint density at radius 1 is 1.25 bits per heavy atom. The summed E-state index contributed by atoms with van der Waals surface area (Å²) in [4.78, 5) is 10.2. The maximum atomic E-state index is 10.2. The quantitative estimate of drug-likeness (QED) is 0.754. The van der Waals surface area contributed by atoms with E-state index in [2.05, 4.69) is 50.4 Å². The van der Waals surface area contributed by atoms with Crippen LogP contribution in [0.25, 0.3) is 5.57 Å². The van der Waals surface area contributed by atoms with Gasteiger partial charge in [-0.2, -0.15) is 0 Å². The van der Waals surface area contributed by atoms with Gasteiger partial charge in [-0.15, -0.1) is 0 Å². The average molecular weight is 217 g/mol. The minimum atomic E-state index is 0.597. The minimum absolute atomic E-state index is 0.597. The van der Waals surface area contributed by atoms with E-state index in [9.17, 15) is 4.79 Å². The SMILES string of the molecule is CC/C(C)=C(\C)c1ccc(CNC=O)cc1. The summed E-state index contributed by atoms with van der Waals surface area (Å²) in [5, 5.41) is 2.65. The Morgan fingerprint density at radius 3 is 2.38 bits per heavy atom. The van der Waals surface area contributed by atoms with Crippen molar-refractivity contribution in [3.8, 4) is 0 Å². The van der Waals surface area contributed by atoms with Gasteiger partial charge in [-0.05, 0) is 37.0 Å². The number of benzene rings is 1. The number of hydrogen-bond acceptors (Lipinski definition) is 1. The van der Waals surface area contributed by atoms with Crippen molar-refractivity contribution in [1.82, 2.24) is 5.32 Å². The van der Waals surface area contributed by atoms with Crippen molar-refractivity contribution in [3.05, 3.63) is 41.0 Å². The number of nitrogens with one attached hydrogen (secondary N) is 1. The molecular weight excluding hydrogens is 198 g/mol. The second-order valence-corrected chi connectivity index (χ2v) is 3.95. The van der Waals surface area contributed by atoms with E-state index in [1.54, 1.807) is 0 Å². The van der Waals surface area contributed by atoms with Crippen LogP contribution in [0.5, 0.6) is 0 Å². The van der Waals surface area contributed by atoms with E-state index >= 15 is 0 Å². The maximum Gasteiger partial charge on any atom is 0.207 e. The predicted octanol–water partition coefficient (Wildman–Crippen LogP) is 3.14. The lowest BCUT2D eigenvalue weighted by Gasteiger charge is -2.07. The number of rotatable bonds is 5. The summed E-state index contributed by atoms with van der Waals surface area (Å²) in [5.74, 6) is 0. The third kappa shape index (κ3) is 3.23. The van der Waals surface area contributed by atoms with Crippen molar-refractivity contribution >= 4 is 12.0 Å². The molecule has 86 valence electrons. The summed E-state index contributed by atoms with van der Waals surface area (Å²) in [7, 11) is 0. The number of hydrogen-bond donors (Lipinski definition) is 1. The highest BCUT2D eigenvalue weighted by Gasteiger charge is 1.99. The van der Waals surface area contributed by atoms with Crippen molar-refractivity contribution in [2.45, 2.75) is 33.7 Å². The molecule has 0 aliphatic rings. The van der Waals surface area contributed by atoms with Crippen LogP contribution in [0.3, 0.4) is 0 Å². The highest BCUT2D eigenvalue weighted by molar-refractivity contribution is 5.66. The fourth-order valence-corrected chi connectivity index (χ4v) is 1.54. The maximum absolute atomic E-state index is 10.2. The first-order valence-corrected chi connectivity index (χ1v) is 5.61. The van der Waals surface area contributed by atoms with Crippen LogP contribution in [0.4, 0.5) is 0 Å². The highest BCUT2D eigenvalue weighted by atomic mass is 16.1. The Balaban J connectivity index is 2.82.